The largest absolute Gasteiger partial charge is 0.481 e. The molecule has 3 rings (SSSR count). The summed E-state index contributed by atoms with van der Waals surface area (Å²) < 4.78 is 30.2. The molecule has 0 aromatic heterocycles. The first kappa shape index (κ1) is 19.2. The molecule has 0 saturated carbocycles. The van der Waals surface area contributed by atoms with Gasteiger partial charge in [0.1, 0.15) is 5.75 Å². The maximum Gasteiger partial charge on any atom is 0.268 e. The smallest absolute Gasteiger partial charge is 0.268 e. The van der Waals surface area contributed by atoms with Crippen molar-refractivity contribution in [3.8, 4) is 5.75 Å². The average Bonchev–Trinajstić information content (AvgIpc) is 2.96. The van der Waals surface area contributed by atoms with Gasteiger partial charge in [0.15, 0.2) is 6.10 Å². The second kappa shape index (κ2) is 7.23. The Morgan fingerprint density at radius 3 is 2.44 bits per heavy atom. The molecule has 1 heterocycles. The highest BCUT2D eigenvalue weighted by atomic mass is 32.2. The Labute approximate surface area is 160 Å². The minimum atomic E-state index is -3.32. The Morgan fingerprint density at radius 1 is 1.19 bits per heavy atom. The summed E-state index contributed by atoms with van der Waals surface area (Å²) in [5.74, 6) is 0.423. The molecule has 1 aliphatic rings. The molecule has 6 nitrogen and oxygen atoms in total. The van der Waals surface area contributed by atoms with E-state index in [9.17, 15) is 13.2 Å². The molecule has 1 aliphatic heterocycles. The van der Waals surface area contributed by atoms with Crippen molar-refractivity contribution in [3.05, 3.63) is 54.1 Å². The number of anilines is 2. The van der Waals surface area contributed by atoms with Crippen LogP contribution in [0.1, 0.15) is 19.4 Å². The zero-order valence-electron chi connectivity index (χ0n) is 15.9. The molecule has 0 unspecified atom stereocenters. The molecule has 1 amide bonds. The highest BCUT2D eigenvalue weighted by molar-refractivity contribution is 7.92. The van der Waals surface area contributed by atoms with Gasteiger partial charge < -0.3 is 9.64 Å². The van der Waals surface area contributed by atoms with E-state index in [1.807, 2.05) is 31.2 Å². The van der Waals surface area contributed by atoms with Gasteiger partial charge in [-0.1, -0.05) is 18.2 Å². The first-order chi connectivity index (χ1) is 12.7. The van der Waals surface area contributed by atoms with Crippen LogP contribution in [-0.4, -0.2) is 39.8 Å². The van der Waals surface area contributed by atoms with E-state index in [0.29, 0.717) is 11.4 Å². The van der Waals surface area contributed by atoms with Gasteiger partial charge in [-0.15, -0.1) is 0 Å². The number of hydrogen-bond acceptors (Lipinski definition) is 4. The Bertz CT molecular complexity index is 941. The number of amides is 1. The molecular formula is C20H24N2O4S. The van der Waals surface area contributed by atoms with Crippen molar-refractivity contribution in [1.29, 1.82) is 0 Å². The summed E-state index contributed by atoms with van der Waals surface area (Å²) in [5, 5.41) is 0. The normalized spacial score (nSPS) is 17.3. The Hall–Kier alpha value is -2.54. The number of rotatable bonds is 5. The average molecular weight is 388 g/mol. The van der Waals surface area contributed by atoms with Crippen molar-refractivity contribution < 1.29 is 17.9 Å². The first-order valence-corrected chi connectivity index (χ1v) is 10.6. The third kappa shape index (κ3) is 3.93. The number of hydrogen-bond donors (Lipinski definition) is 0. The third-order valence-corrected chi connectivity index (χ3v) is 6.01. The van der Waals surface area contributed by atoms with Crippen molar-refractivity contribution in [2.24, 2.45) is 0 Å². The SMILES string of the molecule is C[C@@H]1Cc2ccccc2N1C(=O)[C@@H](C)Oc1ccc(N(C)S(C)(=O)=O)cc1. The van der Waals surface area contributed by atoms with Gasteiger partial charge in [0.25, 0.3) is 5.91 Å². The molecule has 0 N–H and O–H groups in total. The van der Waals surface area contributed by atoms with Gasteiger partial charge in [-0.2, -0.15) is 0 Å². The van der Waals surface area contributed by atoms with Crippen LogP contribution in [0.15, 0.2) is 48.5 Å². The van der Waals surface area contributed by atoms with Crippen LogP contribution in [0.25, 0.3) is 0 Å². The van der Waals surface area contributed by atoms with Gasteiger partial charge in [0, 0.05) is 18.8 Å². The van der Waals surface area contributed by atoms with Crippen molar-refractivity contribution in [1.82, 2.24) is 0 Å². The number of fused-ring (bicyclic) bond motifs is 1. The number of carbonyl (C=O) groups is 1. The fourth-order valence-corrected chi connectivity index (χ4v) is 3.78. The molecule has 0 fully saturated rings. The fraction of sp³-hybridized carbons (Fsp3) is 0.350. The summed E-state index contributed by atoms with van der Waals surface area (Å²) in [6.07, 6.45) is 1.33. The van der Waals surface area contributed by atoms with E-state index in [4.69, 9.17) is 4.74 Å². The lowest BCUT2D eigenvalue weighted by Crippen LogP contribution is -2.43. The number of nitrogens with zero attached hydrogens (tertiary/aromatic N) is 2. The molecule has 2 aromatic rings. The summed E-state index contributed by atoms with van der Waals surface area (Å²) in [4.78, 5) is 14.7. The third-order valence-electron chi connectivity index (χ3n) is 4.80. The predicted octanol–water partition coefficient (Wildman–Crippen LogP) is 2.83. The van der Waals surface area contributed by atoms with E-state index >= 15 is 0 Å². The van der Waals surface area contributed by atoms with Gasteiger partial charge >= 0.3 is 0 Å². The Morgan fingerprint density at radius 2 is 1.81 bits per heavy atom. The lowest BCUT2D eigenvalue weighted by molar-refractivity contribution is -0.124. The summed E-state index contributed by atoms with van der Waals surface area (Å²) in [6, 6.07) is 14.6. The minimum Gasteiger partial charge on any atom is -0.481 e. The predicted molar refractivity (Wildman–Crippen MR) is 107 cm³/mol. The lowest BCUT2D eigenvalue weighted by atomic mass is 10.1. The molecular weight excluding hydrogens is 364 g/mol. The second-order valence-corrected chi connectivity index (χ2v) is 8.89. The van der Waals surface area contributed by atoms with Crippen LogP contribution in [-0.2, 0) is 21.2 Å². The lowest BCUT2D eigenvalue weighted by Gasteiger charge is -2.26. The quantitative estimate of drug-likeness (QED) is 0.790. The van der Waals surface area contributed by atoms with Crippen LogP contribution >= 0.6 is 0 Å². The number of para-hydroxylation sites is 1. The number of benzene rings is 2. The summed E-state index contributed by atoms with van der Waals surface area (Å²) in [5.41, 5.74) is 2.64. The van der Waals surface area contributed by atoms with E-state index in [1.54, 1.807) is 36.1 Å². The zero-order valence-corrected chi connectivity index (χ0v) is 16.7. The number of ether oxygens (including phenoxy) is 1. The molecule has 0 spiro atoms. The van der Waals surface area contributed by atoms with Gasteiger partial charge in [0.05, 0.1) is 11.9 Å². The van der Waals surface area contributed by atoms with Crippen molar-refractivity contribution >= 4 is 27.3 Å². The van der Waals surface area contributed by atoms with Gasteiger partial charge in [0.2, 0.25) is 10.0 Å². The fourth-order valence-electron chi connectivity index (χ4n) is 3.28. The molecule has 27 heavy (non-hydrogen) atoms. The van der Waals surface area contributed by atoms with Crippen molar-refractivity contribution in [2.75, 3.05) is 22.5 Å². The van der Waals surface area contributed by atoms with E-state index in [0.717, 1.165) is 18.4 Å². The molecule has 0 bridgehead atoms. The molecule has 2 atom stereocenters. The molecule has 144 valence electrons. The van der Waals surface area contributed by atoms with Crippen molar-refractivity contribution in [2.45, 2.75) is 32.4 Å². The molecule has 0 radical (unpaired) electrons. The molecule has 0 aliphatic carbocycles. The number of carbonyl (C=O) groups excluding carboxylic acids is 1. The second-order valence-electron chi connectivity index (χ2n) is 6.87. The number of sulfonamides is 1. The zero-order chi connectivity index (χ0) is 19.8. The van der Waals surface area contributed by atoms with Gasteiger partial charge in [-0.25, -0.2) is 8.42 Å². The van der Waals surface area contributed by atoms with E-state index in [2.05, 4.69) is 0 Å². The van der Waals surface area contributed by atoms with E-state index in [-0.39, 0.29) is 11.9 Å². The maximum absolute atomic E-state index is 12.9. The summed E-state index contributed by atoms with van der Waals surface area (Å²) in [7, 11) is -1.83. The van der Waals surface area contributed by atoms with Crippen LogP contribution in [0, 0.1) is 0 Å². The van der Waals surface area contributed by atoms with Crippen LogP contribution in [0.3, 0.4) is 0 Å². The maximum atomic E-state index is 12.9. The minimum absolute atomic E-state index is 0.0896. The molecule has 7 heteroatoms. The van der Waals surface area contributed by atoms with Crippen LogP contribution in [0.4, 0.5) is 11.4 Å². The monoisotopic (exact) mass is 388 g/mol. The highest BCUT2D eigenvalue weighted by Crippen LogP contribution is 2.32. The first-order valence-electron chi connectivity index (χ1n) is 8.80. The van der Waals surface area contributed by atoms with Crippen molar-refractivity contribution in [3.63, 3.8) is 0 Å². The van der Waals surface area contributed by atoms with Crippen LogP contribution < -0.4 is 13.9 Å². The van der Waals surface area contributed by atoms with Gasteiger partial charge in [-0.05, 0) is 56.2 Å². The van der Waals surface area contributed by atoms with E-state index < -0.39 is 16.1 Å². The van der Waals surface area contributed by atoms with E-state index in [1.165, 1.54) is 16.9 Å². The van der Waals surface area contributed by atoms with Crippen LogP contribution in [0.5, 0.6) is 5.75 Å². The highest BCUT2D eigenvalue weighted by Gasteiger charge is 2.33. The topological polar surface area (TPSA) is 66.9 Å². The van der Waals surface area contributed by atoms with Crippen LogP contribution in [0.2, 0.25) is 0 Å². The van der Waals surface area contributed by atoms with Gasteiger partial charge in [-0.3, -0.25) is 9.10 Å². The Kier molecular flexibility index (Phi) is 5.15. The summed E-state index contributed by atoms with van der Waals surface area (Å²) in [6.45, 7) is 3.76. The Balaban J connectivity index is 1.72. The molecule has 0 saturated heterocycles. The standard InChI is InChI=1S/C20H24N2O4S/c1-14-13-16-7-5-6-8-19(16)22(14)20(23)15(2)26-18-11-9-17(10-12-18)21(3)27(4,24)25/h5-12,14-15H,13H2,1-4H3/t14-,15-/m1/s1. The molecule has 2 aromatic carbocycles. The summed E-state index contributed by atoms with van der Waals surface area (Å²) >= 11 is 0.